The van der Waals surface area contributed by atoms with E-state index in [1.54, 1.807) is 12.1 Å². The Balaban J connectivity index is 2.11. The minimum Gasteiger partial charge on any atom is -0.504 e. The summed E-state index contributed by atoms with van der Waals surface area (Å²) in [5.74, 6) is -0.201. The molecule has 0 unspecified atom stereocenters. The first-order valence-corrected chi connectivity index (χ1v) is 6.36. The molecule has 0 radical (unpaired) electrons. The minimum atomic E-state index is -0.101. The van der Waals surface area contributed by atoms with Crippen molar-refractivity contribution in [3.8, 4) is 11.5 Å². The fourth-order valence-electron chi connectivity index (χ4n) is 1.65. The zero-order valence-corrected chi connectivity index (χ0v) is 11.5. The van der Waals surface area contributed by atoms with Gasteiger partial charge in [0.15, 0.2) is 11.5 Å². The van der Waals surface area contributed by atoms with Crippen LogP contribution in [0.3, 0.4) is 0 Å². The summed E-state index contributed by atoms with van der Waals surface area (Å²) >= 11 is 3.48. The van der Waals surface area contributed by atoms with E-state index in [1.165, 1.54) is 11.6 Å². The summed E-state index contributed by atoms with van der Waals surface area (Å²) in [5, 5.41) is 21.9. The maximum absolute atomic E-state index is 9.41. The van der Waals surface area contributed by atoms with E-state index in [4.69, 9.17) is 0 Å². The molecule has 0 aliphatic carbocycles. The highest BCUT2D eigenvalue weighted by Crippen LogP contribution is 2.27. The predicted molar refractivity (Wildman–Crippen MR) is 76.0 cm³/mol. The van der Waals surface area contributed by atoms with Crippen molar-refractivity contribution in [2.45, 2.75) is 13.5 Å². The van der Waals surface area contributed by atoms with Crippen LogP contribution in [0.25, 0.3) is 0 Å². The Kier molecular flexibility index (Phi) is 3.77. The van der Waals surface area contributed by atoms with Crippen LogP contribution in [-0.2, 0) is 6.54 Å². The predicted octanol–water partition coefficient (Wildman–Crippen LogP) is 3.78. The van der Waals surface area contributed by atoms with Crippen LogP contribution in [0.2, 0.25) is 0 Å². The SMILES string of the molecule is Cc1ccc(Br)c(NCc2ccc(O)c(O)c2)c1. The number of benzene rings is 2. The minimum absolute atomic E-state index is 0.0994. The highest BCUT2D eigenvalue weighted by molar-refractivity contribution is 9.10. The number of anilines is 1. The average molecular weight is 308 g/mol. The van der Waals surface area contributed by atoms with Gasteiger partial charge < -0.3 is 15.5 Å². The number of aromatic hydroxyl groups is 2. The largest absolute Gasteiger partial charge is 0.504 e. The molecular weight excluding hydrogens is 294 g/mol. The second kappa shape index (κ2) is 5.31. The summed E-state index contributed by atoms with van der Waals surface area (Å²) in [6.45, 7) is 2.61. The third-order valence-corrected chi connectivity index (χ3v) is 3.34. The molecule has 0 aliphatic heterocycles. The first kappa shape index (κ1) is 12.8. The number of hydrogen-bond acceptors (Lipinski definition) is 3. The molecule has 0 spiro atoms. The van der Waals surface area contributed by atoms with Crippen LogP contribution in [0, 0.1) is 6.92 Å². The van der Waals surface area contributed by atoms with Gasteiger partial charge in [0.1, 0.15) is 0 Å². The van der Waals surface area contributed by atoms with Gasteiger partial charge in [0.05, 0.1) is 0 Å². The quantitative estimate of drug-likeness (QED) is 0.756. The summed E-state index contributed by atoms with van der Waals surface area (Å²) in [5.41, 5.74) is 3.08. The number of phenols is 2. The highest BCUT2D eigenvalue weighted by atomic mass is 79.9. The van der Waals surface area contributed by atoms with Crippen molar-refractivity contribution in [2.24, 2.45) is 0 Å². The smallest absolute Gasteiger partial charge is 0.157 e. The van der Waals surface area contributed by atoms with Gasteiger partial charge in [-0.2, -0.15) is 0 Å². The molecule has 0 atom stereocenters. The fourth-order valence-corrected chi connectivity index (χ4v) is 2.04. The van der Waals surface area contributed by atoms with Crippen LogP contribution in [0.1, 0.15) is 11.1 Å². The lowest BCUT2D eigenvalue weighted by Gasteiger charge is -2.10. The molecule has 2 aromatic carbocycles. The maximum atomic E-state index is 9.41. The van der Waals surface area contributed by atoms with Gasteiger partial charge in [-0.15, -0.1) is 0 Å². The molecular formula is C14H14BrNO2. The molecule has 94 valence electrons. The van der Waals surface area contributed by atoms with Crippen molar-refractivity contribution in [3.05, 3.63) is 52.0 Å². The van der Waals surface area contributed by atoms with E-state index in [2.05, 4.69) is 21.2 Å². The number of phenolic OH excluding ortho intramolecular Hbond substituents is 2. The summed E-state index contributed by atoms with van der Waals surface area (Å²) in [4.78, 5) is 0. The standard InChI is InChI=1S/C14H14BrNO2/c1-9-2-4-11(15)12(6-9)16-8-10-3-5-13(17)14(18)7-10/h2-7,16-18H,8H2,1H3. The van der Waals surface area contributed by atoms with Crippen LogP contribution < -0.4 is 5.32 Å². The summed E-state index contributed by atoms with van der Waals surface area (Å²) in [6, 6.07) is 10.9. The second-order valence-corrected chi connectivity index (χ2v) is 5.01. The van der Waals surface area contributed by atoms with Gasteiger partial charge in [0.25, 0.3) is 0 Å². The van der Waals surface area contributed by atoms with Crippen molar-refractivity contribution >= 4 is 21.6 Å². The molecule has 0 saturated heterocycles. The zero-order valence-electron chi connectivity index (χ0n) is 9.94. The van der Waals surface area contributed by atoms with Crippen molar-refractivity contribution in [1.29, 1.82) is 0 Å². The Hall–Kier alpha value is -1.68. The number of aryl methyl sites for hydroxylation is 1. The van der Waals surface area contributed by atoms with E-state index in [-0.39, 0.29) is 11.5 Å². The van der Waals surface area contributed by atoms with Crippen molar-refractivity contribution in [2.75, 3.05) is 5.32 Å². The molecule has 0 bridgehead atoms. The van der Waals surface area contributed by atoms with Crippen LogP contribution >= 0.6 is 15.9 Å². The lowest BCUT2D eigenvalue weighted by atomic mass is 10.2. The van der Waals surface area contributed by atoms with Gasteiger partial charge in [-0.3, -0.25) is 0 Å². The van der Waals surface area contributed by atoms with E-state index in [9.17, 15) is 10.2 Å². The zero-order chi connectivity index (χ0) is 13.1. The number of hydrogen-bond donors (Lipinski definition) is 3. The van der Waals surface area contributed by atoms with Crippen LogP contribution in [0.4, 0.5) is 5.69 Å². The van der Waals surface area contributed by atoms with Crippen LogP contribution in [-0.4, -0.2) is 10.2 Å². The van der Waals surface area contributed by atoms with E-state index in [0.29, 0.717) is 6.54 Å². The van der Waals surface area contributed by atoms with Gasteiger partial charge in [-0.05, 0) is 58.2 Å². The number of halogens is 1. The van der Waals surface area contributed by atoms with Gasteiger partial charge in [0.2, 0.25) is 0 Å². The summed E-state index contributed by atoms with van der Waals surface area (Å²) in [6.07, 6.45) is 0. The Labute approximate surface area is 114 Å². The third kappa shape index (κ3) is 2.96. The molecule has 0 amide bonds. The average Bonchev–Trinajstić information content (AvgIpc) is 2.34. The number of rotatable bonds is 3. The molecule has 0 heterocycles. The molecule has 4 heteroatoms. The first-order chi connectivity index (χ1) is 8.56. The van der Waals surface area contributed by atoms with Crippen molar-refractivity contribution in [3.63, 3.8) is 0 Å². The molecule has 3 N–H and O–H groups in total. The van der Waals surface area contributed by atoms with Crippen LogP contribution in [0.5, 0.6) is 11.5 Å². The molecule has 2 rings (SSSR count). The molecule has 0 aliphatic rings. The highest BCUT2D eigenvalue weighted by Gasteiger charge is 2.03. The molecule has 3 nitrogen and oxygen atoms in total. The van der Waals surface area contributed by atoms with Crippen LogP contribution in [0.15, 0.2) is 40.9 Å². The number of nitrogens with one attached hydrogen (secondary N) is 1. The summed E-state index contributed by atoms with van der Waals surface area (Å²) < 4.78 is 0.996. The van der Waals surface area contributed by atoms with Gasteiger partial charge in [-0.1, -0.05) is 12.1 Å². The molecule has 0 aromatic heterocycles. The topological polar surface area (TPSA) is 52.5 Å². The Morgan fingerprint density at radius 3 is 2.56 bits per heavy atom. The Morgan fingerprint density at radius 2 is 1.83 bits per heavy atom. The first-order valence-electron chi connectivity index (χ1n) is 5.57. The van der Waals surface area contributed by atoms with Crippen molar-refractivity contribution in [1.82, 2.24) is 0 Å². The van der Waals surface area contributed by atoms with Gasteiger partial charge in [0, 0.05) is 16.7 Å². The normalized spacial score (nSPS) is 10.3. The van der Waals surface area contributed by atoms with E-state index in [1.807, 2.05) is 25.1 Å². The molecule has 18 heavy (non-hydrogen) atoms. The van der Waals surface area contributed by atoms with Gasteiger partial charge in [-0.25, -0.2) is 0 Å². The lowest BCUT2D eigenvalue weighted by molar-refractivity contribution is 0.403. The maximum Gasteiger partial charge on any atom is 0.157 e. The van der Waals surface area contributed by atoms with E-state index >= 15 is 0 Å². The monoisotopic (exact) mass is 307 g/mol. The van der Waals surface area contributed by atoms with Crippen molar-refractivity contribution < 1.29 is 10.2 Å². The fraction of sp³-hybridized carbons (Fsp3) is 0.143. The molecule has 2 aromatic rings. The van der Waals surface area contributed by atoms with Gasteiger partial charge >= 0.3 is 0 Å². The Bertz CT molecular complexity index is 570. The third-order valence-electron chi connectivity index (χ3n) is 2.64. The lowest BCUT2D eigenvalue weighted by Crippen LogP contribution is -2.00. The van der Waals surface area contributed by atoms with E-state index in [0.717, 1.165) is 15.7 Å². The molecule has 0 saturated carbocycles. The van der Waals surface area contributed by atoms with E-state index < -0.39 is 0 Å². The summed E-state index contributed by atoms with van der Waals surface area (Å²) in [7, 11) is 0. The molecule has 0 fully saturated rings. The second-order valence-electron chi connectivity index (χ2n) is 4.16. The Morgan fingerprint density at radius 1 is 1.06 bits per heavy atom.